The Kier molecular flexibility index (Phi) is 10.3. The first kappa shape index (κ1) is 14.9. The van der Waals surface area contributed by atoms with Crippen molar-refractivity contribution in [2.45, 2.75) is 51.7 Å². The third-order valence-corrected chi connectivity index (χ3v) is 2.72. The third-order valence-electron chi connectivity index (χ3n) is 2.72. The second-order valence-electron chi connectivity index (χ2n) is 4.01. The molecule has 0 aromatic heterocycles. The van der Waals surface area contributed by atoms with Gasteiger partial charge in [0.15, 0.2) is 0 Å². The maximum absolute atomic E-state index is 5.25. The summed E-state index contributed by atoms with van der Waals surface area (Å²) in [6.45, 7) is 6.18. The van der Waals surface area contributed by atoms with Crippen LogP contribution in [0.3, 0.4) is 0 Å². The van der Waals surface area contributed by atoms with Crippen LogP contribution < -0.4 is 5.32 Å². The van der Waals surface area contributed by atoms with E-state index in [4.69, 9.17) is 9.47 Å². The largest absolute Gasteiger partial charge is 0.385 e. The molecule has 0 aromatic rings. The van der Waals surface area contributed by atoms with Crippen LogP contribution in [0.5, 0.6) is 0 Å². The van der Waals surface area contributed by atoms with Gasteiger partial charge in [0.2, 0.25) is 0 Å². The van der Waals surface area contributed by atoms with Crippen molar-refractivity contribution in [3.63, 3.8) is 0 Å². The first-order valence-corrected chi connectivity index (χ1v) is 5.99. The Balaban J connectivity index is 3.62. The fourth-order valence-corrected chi connectivity index (χ4v) is 1.66. The third kappa shape index (κ3) is 8.85. The molecule has 0 aliphatic carbocycles. The quantitative estimate of drug-likeness (QED) is 0.569. The first-order chi connectivity index (χ1) is 7.24. The highest BCUT2D eigenvalue weighted by Crippen LogP contribution is 2.08. The molecule has 3 heteroatoms. The van der Waals surface area contributed by atoms with E-state index in [1.54, 1.807) is 14.2 Å². The van der Waals surface area contributed by atoms with Crippen LogP contribution in [0.4, 0.5) is 0 Å². The Morgan fingerprint density at radius 1 is 1.13 bits per heavy atom. The molecule has 0 amide bonds. The van der Waals surface area contributed by atoms with E-state index in [1.807, 2.05) is 0 Å². The molecule has 0 spiro atoms. The van der Waals surface area contributed by atoms with Gasteiger partial charge in [0, 0.05) is 26.9 Å². The minimum Gasteiger partial charge on any atom is -0.385 e. The molecule has 0 aliphatic rings. The minimum absolute atomic E-state index is 0.369. The number of nitrogens with one attached hydrogen (secondary N) is 1. The molecule has 0 heterocycles. The summed E-state index contributed by atoms with van der Waals surface area (Å²) in [4.78, 5) is 0. The molecular weight excluding hydrogens is 190 g/mol. The lowest BCUT2D eigenvalue weighted by molar-refractivity contribution is 0.105. The zero-order valence-electron chi connectivity index (χ0n) is 10.7. The Bertz CT molecular complexity index is 131. The lowest BCUT2D eigenvalue weighted by Gasteiger charge is -2.19. The second kappa shape index (κ2) is 10.4. The molecule has 2 atom stereocenters. The summed E-state index contributed by atoms with van der Waals surface area (Å²) in [6.07, 6.45) is 5.01. The Morgan fingerprint density at radius 3 is 2.40 bits per heavy atom. The molecule has 15 heavy (non-hydrogen) atoms. The molecule has 1 N–H and O–H groups in total. The highest BCUT2D eigenvalue weighted by molar-refractivity contribution is 4.67. The number of hydrogen-bond donors (Lipinski definition) is 1. The van der Waals surface area contributed by atoms with Crippen molar-refractivity contribution < 1.29 is 9.47 Å². The van der Waals surface area contributed by atoms with E-state index < -0.39 is 0 Å². The monoisotopic (exact) mass is 217 g/mol. The van der Waals surface area contributed by atoms with Crippen LogP contribution in [-0.2, 0) is 9.47 Å². The topological polar surface area (TPSA) is 30.5 Å². The summed E-state index contributed by atoms with van der Waals surface area (Å²) >= 11 is 0. The average molecular weight is 217 g/mol. The van der Waals surface area contributed by atoms with Gasteiger partial charge in [-0.3, -0.25) is 0 Å². The van der Waals surface area contributed by atoms with Crippen LogP contribution in [0.2, 0.25) is 0 Å². The Hall–Kier alpha value is -0.120. The van der Waals surface area contributed by atoms with Crippen LogP contribution in [0, 0.1) is 0 Å². The van der Waals surface area contributed by atoms with Crippen LogP contribution >= 0.6 is 0 Å². The van der Waals surface area contributed by atoms with E-state index in [2.05, 4.69) is 19.2 Å². The van der Waals surface area contributed by atoms with E-state index in [1.165, 1.54) is 12.8 Å². The second-order valence-corrected chi connectivity index (χ2v) is 4.01. The minimum atomic E-state index is 0.369. The van der Waals surface area contributed by atoms with E-state index in [-0.39, 0.29) is 0 Å². The van der Waals surface area contributed by atoms with Crippen molar-refractivity contribution in [3.8, 4) is 0 Å². The zero-order valence-corrected chi connectivity index (χ0v) is 10.7. The molecule has 0 saturated carbocycles. The Morgan fingerprint density at radius 2 is 1.87 bits per heavy atom. The van der Waals surface area contributed by atoms with Gasteiger partial charge in [0.1, 0.15) is 0 Å². The normalized spacial score (nSPS) is 15.2. The molecule has 3 nitrogen and oxygen atoms in total. The summed E-state index contributed by atoms with van der Waals surface area (Å²) in [7, 11) is 3.53. The van der Waals surface area contributed by atoms with Crippen molar-refractivity contribution in [1.29, 1.82) is 0 Å². The molecule has 0 fully saturated rings. The van der Waals surface area contributed by atoms with Crippen molar-refractivity contribution >= 4 is 0 Å². The van der Waals surface area contributed by atoms with Crippen LogP contribution in [0.15, 0.2) is 0 Å². The summed E-state index contributed by atoms with van der Waals surface area (Å²) in [5.41, 5.74) is 0. The summed E-state index contributed by atoms with van der Waals surface area (Å²) in [6, 6.07) is 0.614. The first-order valence-electron chi connectivity index (χ1n) is 5.99. The van der Waals surface area contributed by atoms with E-state index in [0.717, 1.165) is 26.0 Å². The molecular formula is C12H27NO2. The number of rotatable bonds is 10. The molecule has 0 saturated heterocycles. The Labute approximate surface area is 94.5 Å². The molecule has 0 rings (SSSR count). The maximum atomic E-state index is 5.25. The van der Waals surface area contributed by atoms with Gasteiger partial charge in [-0.1, -0.05) is 6.92 Å². The molecule has 0 aliphatic heterocycles. The van der Waals surface area contributed by atoms with Crippen LogP contribution in [0.25, 0.3) is 0 Å². The lowest BCUT2D eigenvalue weighted by Crippen LogP contribution is -2.30. The van der Waals surface area contributed by atoms with E-state index in [9.17, 15) is 0 Å². The standard InChI is InChI=1S/C12H27NO2/c1-5-13-12(7-6-10-14-3)9-8-11(2)15-4/h11-13H,5-10H2,1-4H3. The summed E-state index contributed by atoms with van der Waals surface area (Å²) in [5.74, 6) is 0. The van der Waals surface area contributed by atoms with E-state index in [0.29, 0.717) is 12.1 Å². The maximum Gasteiger partial charge on any atom is 0.0543 e. The van der Waals surface area contributed by atoms with Gasteiger partial charge in [-0.05, 0) is 39.2 Å². The number of hydrogen-bond acceptors (Lipinski definition) is 3. The predicted molar refractivity (Wildman–Crippen MR) is 64.3 cm³/mol. The van der Waals surface area contributed by atoms with E-state index >= 15 is 0 Å². The van der Waals surface area contributed by atoms with Crippen molar-refractivity contribution in [3.05, 3.63) is 0 Å². The SMILES string of the molecule is CCNC(CCCOC)CCC(C)OC. The van der Waals surface area contributed by atoms with Crippen molar-refractivity contribution in [1.82, 2.24) is 5.32 Å². The predicted octanol–water partition coefficient (Wildman–Crippen LogP) is 2.21. The van der Waals surface area contributed by atoms with Gasteiger partial charge in [0.25, 0.3) is 0 Å². The lowest BCUT2D eigenvalue weighted by atomic mass is 10.0. The zero-order chi connectivity index (χ0) is 11.5. The number of methoxy groups -OCH3 is 2. The molecule has 0 radical (unpaired) electrons. The summed E-state index contributed by atoms with van der Waals surface area (Å²) in [5, 5.41) is 3.51. The van der Waals surface area contributed by atoms with Crippen LogP contribution in [0.1, 0.15) is 39.5 Å². The van der Waals surface area contributed by atoms with Gasteiger partial charge in [-0.2, -0.15) is 0 Å². The molecule has 92 valence electrons. The number of ether oxygens (including phenoxy) is 2. The van der Waals surface area contributed by atoms with Crippen molar-refractivity contribution in [2.24, 2.45) is 0 Å². The van der Waals surface area contributed by atoms with Crippen LogP contribution in [-0.4, -0.2) is 39.5 Å². The van der Waals surface area contributed by atoms with Gasteiger partial charge >= 0.3 is 0 Å². The molecule has 0 aromatic carbocycles. The highest BCUT2D eigenvalue weighted by Gasteiger charge is 2.09. The van der Waals surface area contributed by atoms with Crippen molar-refractivity contribution in [2.75, 3.05) is 27.4 Å². The highest BCUT2D eigenvalue weighted by atomic mass is 16.5. The van der Waals surface area contributed by atoms with Gasteiger partial charge in [-0.25, -0.2) is 0 Å². The molecule has 2 unspecified atom stereocenters. The molecule has 0 bridgehead atoms. The average Bonchev–Trinajstić information content (AvgIpc) is 2.25. The van der Waals surface area contributed by atoms with Gasteiger partial charge in [-0.15, -0.1) is 0 Å². The van der Waals surface area contributed by atoms with Gasteiger partial charge in [0.05, 0.1) is 6.10 Å². The fourth-order valence-electron chi connectivity index (χ4n) is 1.66. The van der Waals surface area contributed by atoms with Gasteiger partial charge < -0.3 is 14.8 Å². The summed E-state index contributed by atoms with van der Waals surface area (Å²) < 4.78 is 10.3. The smallest absolute Gasteiger partial charge is 0.0543 e. The fraction of sp³-hybridized carbons (Fsp3) is 1.00.